The lowest BCUT2D eigenvalue weighted by Gasteiger charge is -2.21. The van der Waals surface area contributed by atoms with E-state index in [4.69, 9.17) is 19.3 Å². The lowest BCUT2D eigenvalue weighted by Crippen LogP contribution is -2.17. The Morgan fingerprint density at radius 3 is 2.81 bits per heavy atom. The molecule has 0 fully saturated rings. The molecule has 0 saturated heterocycles. The van der Waals surface area contributed by atoms with Gasteiger partial charge < -0.3 is 24.6 Å². The average Bonchev–Trinajstić information content (AvgIpc) is 2.65. The molecular weight excluding hydrogens is 357 g/mol. The summed E-state index contributed by atoms with van der Waals surface area (Å²) < 4.78 is 29.7. The number of hydrogen-bond acceptors (Lipinski definition) is 5. The van der Waals surface area contributed by atoms with Gasteiger partial charge in [-0.05, 0) is 42.7 Å². The first-order valence-electron chi connectivity index (χ1n) is 8.27. The Kier molecular flexibility index (Phi) is 5.44. The number of benzene rings is 2. The van der Waals surface area contributed by atoms with Crippen LogP contribution in [-0.2, 0) is 11.2 Å². The molecule has 0 aliphatic carbocycles. The van der Waals surface area contributed by atoms with E-state index < -0.39 is 24.3 Å². The van der Waals surface area contributed by atoms with Crippen molar-refractivity contribution in [2.75, 3.05) is 25.6 Å². The molecule has 142 valence electrons. The molecule has 2 aromatic rings. The van der Waals surface area contributed by atoms with Crippen LogP contribution in [0.5, 0.6) is 17.2 Å². The standard InChI is InChI=1S/C19H18FNO6/c1-25-15-5-4-12(8-16(15)27-10-17(22)23)19(24)21-14-9-13(20)7-11-3-2-6-26-18(11)14/h4-5,7-9H,2-3,6,10H2,1H3,(H,21,24)(H,22,23). The monoisotopic (exact) mass is 375 g/mol. The number of carboxylic acid groups (broad SMARTS) is 1. The van der Waals surface area contributed by atoms with E-state index in [1.165, 1.54) is 37.4 Å². The summed E-state index contributed by atoms with van der Waals surface area (Å²) in [5, 5.41) is 11.4. The molecule has 0 spiro atoms. The van der Waals surface area contributed by atoms with Crippen LogP contribution in [0.15, 0.2) is 30.3 Å². The van der Waals surface area contributed by atoms with Gasteiger partial charge >= 0.3 is 5.97 Å². The smallest absolute Gasteiger partial charge is 0.341 e. The molecule has 0 saturated carbocycles. The number of rotatable bonds is 6. The lowest BCUT2D eigenvalue weighted by molar-refractivity contribution is -0.139. The Morgan fingerprint density at radius 1 is 1.26 bits per heavy atom. The average molecular weight is 375 g/mol. The molecule has 2 aromatic carbocycles. The van der Waals surface area contributed by atoms with Crippen LogP contribution < -0.4 is 19.5 Å². The van der Waals surface area contributed by atoms with E-state index in [0.29, 0.717) is 30.1 Å². The Balaban J connectivity index is 1.85. The predicted octanol–water partition coefficient (Wildman–Crippen LogP) is 2.88. The number of nitrogens with one attached hydrogen (secondary N) is 1. The number of aliphatic carboxylic acids is 1. The third kappa shape index (κ3) is 4.28. The summed E-state index contributed by atoms with van der Waals surface area (Å²) in [5.41, 5.74) is 1.15. The van der Waals surface area contributed by atoms with E-state index in [2.05, 4.69) is 5.32 Å². The van der Waals surface area contributed by atoms with E-state index >= 15 is 0 Å². The highest BCUT2D eigenvalue weighted by molar-refractivity contribution is 6.05. The molecule has 3 rings (SSSR count). The van der Waals surface area contributed by atoms with Crippen LogP contribution >= 0.6 is 0 Å². The summed E-state index contributed by atoms with van der Waals surface area (Å²) in [5.74, 6) is -1.26. The van der Waals surface area contributed by atoms with Gasteiger partial charge in [0.2, 0.25) is 0 Å². The van der Waals surface area contributed by atoms with Crippen molar-refractivity contribution in [2.45, 2.75) is 12.8 Å². The van der Waals surface area contributed by atoms with Crippen molar-refractivity contribution in [1.29, 1.82) is 0 Å². The largest absolute Gasteiger partial charge is 0.493 e. The van der Waals surface area contributed by atoms with Crippen LogP contribution in [0.25, 0.3) is 0 Å². The molecule has 0 bridgehead atoms. The van der Waals surface area contributed by atoms with Crippen molar-refractivity contribution in [3.8, 4) is 17.2 Å². The van der Waals surface area contributed by atoms with E-state index in [0.717, 1.165) is 6.42 Å². The summed E-state index contributed by atoms with van der Waals surface area (Å²) >= 11 is 0. The van der Waals surface area contributed by atoms with Gasteiger partial charge in [0.15, 0.2) is 18.1 Å². The normalized spacial score (nSPS) is 12.5. The topological polar surface area (TPSA) is 94.1 Å². The number of halogens is 1. The molecule has 1 aliphatic rings. The fraction of sp³-hybridized carbons (Fsp3) is 0.263. The maximum atomic E-state index is 13.8. The molecule has 0 radical (unpaired) electrons. The van der Waals surface area contributed by atoms with Crippen molar-refractivity contribution < 1.29 is 33.3 Å². The van der Waals surface area contributed by atoms with Crippen LogP contribution in [0, 0.1) is 5.82 Å². The first-order valence-corrected chi connectivity index (χ1v) is 8.27. The first-order chi connectivity index (χ1) is 13.0. The molecule has 1 heterocycles. The van der Waals surface area contributed by atoms with Crippen molar-refractivity contribution in [1.82, 2.24) is 0 Å². The second-order valence-corrected chi connectivity index (χ2v) is 5.90. The van der Waals surface area contributed by atoms with E-state index in [1.807, 2.05) is 0 Å². The van der Waals surface area contributed by atoms with E-state index in [-0.39, 0.29) is 17.0 Å². The molecule has 1 aliphatic heterocycles. The number of fused-ring (bicyclic) bond motifs is 1. The summed E-state index contributed by atoms with van der Waals surface area (Å²) in [6.07, 6.45) is 1.46. The van der Waals surface area contributed by atoms with Gasteiger partial charge in [-0.25, -0.2) is 9.18 Å². The number of carboxylic acids is 1. The van der Waals surface area contributed by atoms with Gasteiger partial charge in [0.05, 0.1) is 19.4 Å². The molecule has 0 aromatic heterocycles. The number of carbonyl (C=O) groups is 2. The minimum Gasteiger partial charge on any atom is -0.493 e. The molecule has 0 atom stereocenters. The molecule has 8 heteroatoms. The summed E-state index contributed by atoms with van der Waals surface area (Å²) in [7, 11) is 1.40. The highest BCUT2D eigenvalue weighted by Crippen LogP contribution is 2.35. The van der Waals surface area contributed by atoms with Gasteiger partial charge in [-0.1, -0.05) is 0 Å². The number of methoxy groups -OCH3 is 1. The van der Waals surface area contributed by atoms with Gasteiger partial charge in [0.25, 0.3) is 5.91 Å². The van der Waals surface area contributed by atoms with Crippen molar-refractivity contribution in [3.05, 3.63) is 47.3 Å². The van der Waals surface area contributed by atoms with Crippen molar-refractivity contribution in [3.63, 3.8) is 0 Å². The Labute approximate surface area is 154 Å². The maximum absolute atomic E-state index is 13.8. The van der Waals surface area contributed by atoms with Crippen LogP contribution in [0.4, 0.5) is 10.1 Å². The van der Waals surface area contributed by atoms with Crippen LogP contribution in [0.2, 0.25) is 0 Å². The second kappa shape index (κ2) is 7.94. The highest BCUT2D eigenvalue weighted by Gasteiger charge is 2.19. The van der Waals surface area contributed by atoms with Crippen molar-refractivity contribution in [2.24, 2.45) is 0 Å². The fourth-order valence-electron chi connectivity index (χ4n) is 2.80. The predicted molar refractivity (Wildman–Crippen MR) is 94.3 cm³/mol. The maximum Gasteiger partial charge on any atom is 0.341 e. The fourth-order valence-corrected chi connectivity index (χ4v) is 2.80. The first kappa shape index (κ1) is 18.5. The van der Waals surface area contributed by atoms with E-state index in [9.17, 15) is 14.0 Å². The quantitative estimate of drug-likeness (QED) is 0.806. The zero-order valence-electron chi connectivity index (χ0n) is 14.6. The molecule has 2 N–H and O–H groups in total. The molecular formula is C19H18FNO6. The minimum atomic E-state index is -1.16. The van der Waals surface area contributed by atoms with Gasteiger partial charge in [-0.2, -0.15) is 0 Å². The summed E-state index contributed by atoms with van der Waals surface area (Å²) in [4.78, 5) is 23.3. The number of amides is 1. The summed E-state index contributed by atoms with van der Waals surface area (Å²) in [6.45, 7) is -0.0795. The SMILES string of the molecule is COc1ccc(C(=O)Nc2cc(F)cc3c2OCCC3)cc1OCC(=O)O. The Bertz CT molecular complexity index is 883. The second-order valence-electron chi connectivity index (χ2n) is 5.90. The van der Waals surface area contributed by atoms with Crippen LogP contribution in [0.3, 0.4) is 0 Å². The number of anilines is 1. The van der Waals surface area contributed by atoms with Gasteiger partial charge in [0, 0.05) is 11.6 Å². The number of ether oxygens (including phenoxy) is 3. The molecule has 1 amide bonds. The molecule has 7 nitrogen and oxygen atoms in total. The number of hydrogen-bond donors (Lipinski definition) is 2. The number of carbonyl (C=O) groups excluding carboxylic acids is 1. The third-order valence-electron chi connectivity index (χ3n) is 3.99. The van der Waals surface area contributed by atoms with Gasteiger partial charge in [-0.15, -0.1) is 0 Å². The van der Waals surface area contributed by atoms with Crippen LogP contribution in [-0.4, -0.2) is 37.3 Å². The summed E-state index contributed by atoms with van der Waals surface area (Å²) in [6, 6.07) is 6.95. The van der Waals surface area contributed by atoms with Gasteiger partial charge in [0.1, 0.15) is 11.6 Å². The molecule has 0 unspecified atom stereocenters. The third-order valence-corrected chi connectivity index (χ3v) is 3.99. The zero-order chi connectivity index (χ0) is 19.4. The molecule has 27 heavy (non-hydrogen) atoms. The zero-order valence-corrected chi connectivity index (χ0v) is 14.6. The van der Waals surface area contributed by atoms with Gasteiger partial charge in [-0.3, -0.25) is 4.79 Å². The lowest BCUT2D eigenvalue weighted by atomic mass is 10.0. The Morgan fingerprint density at radius 2 is 2.07 bits per heavy atom. The van der Waals surface area contributed by atoms with E-state index in [1.54, 1.807) is 0 Å². The highest BCUT2D eigenvalue weighted by atomic mass is 19.1. The van der Waals surface area contributed by atoms with Crippen LogP contribution in [0.1, 0.15) is 22.3 Å². The minimum absolute atomic E-state index is 0.116. The number of aryl methyl sites for hydroxylation is 1. The van der Waals surface area contributed by atoms with Crippen molar-refractivity contribution >= 4 is 17.6 Å². The Hall–Kier alpha value is -3.29.